The first-order valence-electron chi connectivity index (χ1n) is 11.8. The number of benzene rings is 2. The van der Waals surface area contributed by atoms with Gasteiger partial charge in [0.05, 0.1) is 10.4 Å². The van der Waals surface area contributed by atoms with E-state index in [2.05, 4.69) is 59.3 Å². The summed E-state index contributed by atoms with van der Waals surface area (Å²) in [6.07, 6.45) is 0.939. The summed E-state index contributed by atoms with van der Waals surface area (Å²) >= 11 is 7.66. The number of halogens is 1. The molecule has 0 bridgehead atoms. The fourth-order valence-electron chi connectivity index (χ4n) is 4.59. The molecule has 0 aliphatic carbocycles. The van der Waals surface area contributed by atoms with Gasteiger partial charge in [0.1, 0.15) is 4.83 Å². The van der Waals surface area contributed by atoms with Crippen molar-refractivity contribution in [2.24, 2.45) is 0 Å². The minimum atomic E-state index is -0.00973. The second kappa shape index (κ2) is 9.90. The molecule has 34 heavy (non-hydrogen) atoms. The van der Waals surface area contributed by atoms with E-state index in [0.29, 0.717) is 6.54 Å². The van der Waals surface area contributed by atoms with E-state index in [-0.39, 0.29) is 5.91 Å². The summed E-state index contributed by atoms with van der Waals surface area (Å²) in [6.45, 7) is 9.92. The number of aromatic nitrogens is 1. The van der Waals surface area contributed by atoms with Crippen molar-refractivity contribution in [3.8, 4) is 0 Å². The Balaban J connectivity index is 1.10. The van der Waals surface area contributed by atoms with E-state index in [1.807, 2.05) is 18.2 Å². The molecule has 0 saturated carbocycles. The highest BCUT2D eigenvalue weighted by molar-refractivity contribution is 7.20. The van der Waals surface area contributed by atoms with Gasteiger partial charge >= 0.3 is 0 Å². The lowest BCUT2D eigenvalue weighted by Crippen LogP contribution is -2.47. The highest BCUT2D eigenvalue weighted by Crippen LogP contribution is 2.28. The van der Waals surface area contributed by atoms with Crippen LogP contribution in [-0.2, 0) is 0 Å². The van der Waals surface area contributed by atoms with E-state index in [9.17, 15) is 4.79 Å². The monoisotopic (exact) mass is 492 g/mol. The van der Waals surface area contributed by atoms with E-state index in [1.165, 1.54) is 28.2 Å². The van der Waals surface area contributed by atoms with Crippen molar-refractivity contribution in [1.29, 1.82) is 0 Å². The molecule has 2 aromatic heterocycles. The molecule has 1 aliphatic heterocycles. The molecule has 5 nitrogen and oxygen atoms in total. The maximum absolute atomic E-state index is 12.7. The fraction of sp³-hybridized carbons (Fsp3) is 0.333. The summed E-state index contributed by atoms with van der Waals surface area (Å²) in [7, 11) is 0. The van der Waals surface area contributed by atoms with Crippen LogP contribution in [0.25, 0.3) is 21.1 Å². The van der Waals surface area contributed by atoms with Crippen LogP contribution in [0.4, 0.5) is 5.69 Å². The number of rotatable bonds is 6. The minimum Gasteiger partial charge on any atom is -0.369 e. The number of nitrogens with one attached hydrogen (secondary N) is 1. The zero-order chi connectivity index (χ0) is 23.7. The second-order valence-electron chi connectivity index (χ2n) is 9.06. The molecule has 0 radical (unpaired) electrons. The summed E-state index contributed by atoms with van der Waals surface area (Å²) in [5, 5.41) is 6.02. The van der Waals surface area contributed by atoms with Crippen molar-refractivity contribution in [2.45, 2.75) is 20.3 Å². The zero-order valence-electron chi connectivity index (χ0n) is 19.6. The molecular weight excluding hydrogens is 464 g/mol. The summed E-state index contributed by atoms with van der Waals surface area (Å²) in [6, 6.07) is 16.4. The van der Waals surface area contributed by atoms with Gasteiger partial charge in [-0.2, -0.15) is 0 Å². The molecule has 4 aromatic rings. The number of pyridine rings is 1. The first-order valence-corrected chi connectivity index (χ1v) is 13.0. The van der Waals surface area contributed by atoms with Crippen LogP contribution in [0.2, 0.25) is 5.02 Å². The molecule has 0 unspecified atom stereocenters. The smallest absolute Gasteiger partial charge is 0.261 e. The number of thiophene rings is 1. The predicted molar refractivity (Wildman–Crippen MR) is 144 cm³/mol. The van der Waals surface area contributed by atoms with Crippen LogP contribution in [0.5, 0.6) is 0 Å². The molecule has 1 N–H and O–H groups in total. The third-order valence-electron chi connectivity index (χ3n) is 6.50. The lowest BCUT2D eigenvalue weighted by molar-refractivity contribution is 0.0955. The van der Waals surface area contributed by atoms with Crippen molar-refractivity contribution in [3.05, 3.63) is 69.6 Å². The number of carbonyl (C=O) groups excluding carboxylic acids is 1. The number of piperazine rings is 1. The number of hydrogen-bond acceptors (Lipinski definition) is 5. The lowest BCUT2D eigenvalue weighted by Gasteiger charge is -2.37. The van der Waals surface area contributed by atoms with Crippen LogP contribution in [0.1, 0.15) is 27.2 Å². The van der Waals surface area contributed by atoms with Crippen LogP contribution >= 0.6 is 22.9 Å². The maximum atomic E-state index is 12.7. The van der Waals surface area contributed by atoms with Crippen LogP contribution in [0.15, 0.2) is 48.5 Å². The van der Waals surface area contributed by atoms with Crippen molar-refractivity contribution >= 4 is 55.7 Å². The van der Waals surface area contributed by atoms with Gasteiger partial charge in [0.15, 0.2) is 0 Å². The molecule has 5 rings (SSSR count). The summed E-state index contributed by atoms with van der Waals surface area (Å²) in [5.41, 5.74) is 4.68. The summed E-state index contributed by atoms with van der Waals surface area (Å²) in [4.78, 5) is 24.0. The fourth-order valence-corrected chi connectivity index (χ4v) is 5.70. The van der Waals surface area contributed by atoms with Gasteiger partial charge in [-0.05, 0) is 68.8 Å². The van der Waals surface area contributed by atoms with Crippen molar-refractivity contribution in [3.63, 3.8) is 0 Å². The molecule has 1 fully saturated rings. The zero-order valence-corrected chi connectivity index (χ0v) is 21.2. The molecule has 1 aliphatic rings. The van der Waals surface area contributed by atoms with E-state index in [4.69, 9.17) is 16.6 Å². The lowest BCUT2D eigenvalue weighted by atomic mass is 10.1. The summed E-state index contributed by atoms with van der Waals surface area (Å²) in [5.74, 6) is -0.00973. The van der Waals surface area contributed by atoms with Crippen LogP contribution < -0.4 is 10.2 Å². The van der Waals surface area contributed by atoms with Gasteiger partial charge in [-0.25, -0.2) is 4.98 Å². The Morgan fingerprint density at radius 1 is 1.03 bits per heavy atom. The molecule has 2 aromatic carbocycles. The average Bonchev–Trinajstić information content (AvgIpc) is 3.25. The number of fused-ring (bicyclic) bond motifs is 2. The van der Waals surface area contributed by atoms with E-state index >= 15 is 0 Å². The van der Waals surface area contributed by atoms with Crippen LogP contribution in [0, 0.1) is 13.8 Å². The average molecular weight is 493 g/mol. The van der Waals surface area contributed by atoms with E-state index in [1.54, 1.807) is 0 Å². The number of amides is 1. The number of hydrogen-bond donors (Lipinski definition) is 1. The Labute approximate surface area is 209 Å². The normalized spacial score (nSPS) is 14.7. The SMILES string of the molecule is Cc1ccc2nc3sc(C(=O)NCCCN4CCN(c5cc(Cl)ccc5C)CC4)cc3cc2c1. The Morgan fingerprint density at radius 2 is 1.85 bits per heavy atom. The van der Waals surface area contributed by atoms with Gasteiger partial charge < -0.3 is 10.2 Å². The van der Waals surface area contributed by atoms with Gasteiger partial charge in [0, 0.05) is 54.2 Å². The molecule has 1 saturated heterocycles. The quantitative estimate of drug-likeness (QED) is 0.353. The molecule has 1 amide bonds. The summed E-state index contributed by atoms with van der Waals surface area (Å²) < 4.78 is 0. The Kier molecular flexibility index (Phi) is 6.73. The van der Waals surface area contributed by atoms with E-state index in [0.717, 1.165) is 70.2 Å². The topological polar surface area (TPSA) is 48.5 Å². The molecule has 0 atom stereocenters. The Bertz CT molecular complexity index is 1340. The molecule has 7 heteroatoms. The standard InChI is InChI=1S/C27H29ClN4OS/c1-18-4-7-23-20(14-18)15-21-16-25(34-27(21)30-23)26(33)29-8-3-9-31-10-12-32(13-11-31)24-17-22(28)6-5-19(24)2/h4-7,14-17H,3,8-13H2,1-2H3,(H,29,33). The van der Waals surface area contributed by atoms with Gasteiger partial charge in [0.2, 0.25) is 0 Å². The third-order valence-corrected chi connectivity index (χ3v) is 7.78. The molecule has 3 heterocycles. The number of anilines is 1. The van der Waals surface area contributed by atoms with Crippen LogP contribution in [-0.4, -0.2) is 55.1 Å². The first kappa shape index (κ1) is 23.1. The van der Waals surface area contributed by atoms with Gasteiger partial charge in [-0.15, -0.1) is 11.3 Å². The molecule has 0 spiro atoms. The maximum Gasteiger partial charge on any atom is 0.261 e. The van der Waals surface area contributed by atoms with Gasteiger partial charge in [-0.3, -0.25) is 9.69 Å². The highest BCUT2D eigenvalue weighted by atomic mass is 35.5. The second-order valence-corrected chi connectivity index (χ2v) is 10.5. The highest BCUT2D eigenvalue weighted by Gasteiger charge is 2.18. The predicted octanol–water partition coefficient (Wildman–Crippen LogP) is 5.66. The van der Waals surface area contributed by atoms with Crippen molar-refractivity contribution < 1.29 is 4.79 Å². The number of carbonyl (C=O) groups is 1. The Morgan fingerprint density at radius 3 is 2.68 bits per heavy atom. The molecule has 176 valence electrons. The van der Waals surface area contributed by atoms with Crippen molar-refractivity contribution in [1.82, 2.24) is 15.2 Å². The number of aryl methyl sites for hydroxylation is 2. The third kappa shape index (κ3) is 5.04. The van der Waals surface area contributed by atoms with E-state index < -0.39 is 0 Å². The molecular formula is C27H29ClN4OS. The largest absolute Gasteiger partial charge is 0.369 e. The Hall–Kier alpha value is -2.67. The minimum absolute atomic E-state index is 0.00973. The number of nitrogens with zero attached hydrogens (tertiary/aromatic N) is 3. The van der Waals surface area contributed by atoms with Crippen LogP contribution in [0.3, 0.4) is 0 Å². The van der Waals surface area contributed by atoms with Gasteiger partial charge in [0.25, 0.3) is 5.91 Å². The van der Waals surface area contributed by atoms with Crippen molar-refractivity contribution in [2.75, 3.05) is 44.2 Å². The first-order chi connectivity index (χ1) is 16.5. The van der Waals surface area contributed by atoms with Gasteiger partial charge in [-0.1, -0.05) is 29.3 Å².